The maximum absolute atomic E-state index is 14.2. The van der Waals surface area contributed by atoms with E-state index in [1.54, 1.807) is 43.6 Å². The Morgan fingerprint density at radius 2 is 2.00 bits per heavy atom. The van der Waals surface area contributed by atoms with Gasteiger partial charge in [0.15, 0.2) is 21.3 Å². The van der Waals surface area contributed by atoms with Gasteiger partial charge in [0, 0.05) is 54.0 Å². The van der Waals surface area contributed by atoms with Gasteiger partial charge in [-0.05, 0) is 31.2 Å². The van der Waals surface area contributed by atoms with Gasteiger partial charge in [0.1, 0.15) is 17.6 Å². The molecule has 4 aromatic rings. The van der Waals surface area contributed by atoms with E-state index in [0.29, 0.717) is 62.0 Å². The van der Waals surface area contributed by atoms with Crippen molar-refractivity contribution in [2.24, 2.45) is 0 Å². The molecular weight excluding hydrogens is 517 g/mol. The van der Waals surface area contributed by atoms with Gasteiger partial charge in [0.05, 0.1) is 18.9 Å². The summed E-state index contributed by atoms with van der Waals surface area (Å²) in [7, 11) is 1.55. The van der Waals surface area contributed by atoms with Crippen LogP contribution in [0.4, 0.5) is 15.3 Å². The molecule has 1 amide bonds. The molecule has 0 atom stereocenters. The molecule has 1 aliphatic heterocycles. The number of piperidine rings is 1. The topological polar surface area (TPSA) is 117 Å². The second-order valence-electron chi connectivity index (χ2n) is 8.61. The number of nitrogens with one attached hydrogen (secondary N) is 1. The van der Waals surface area contributed by atoms with E-state index in [9.17, 15) is 9.18 Å². The highest BCUT2D eigenvalue weighted by molar-refractivity contribution is 7.21. The van der Waals surface area contributed by atoms with Crippen LogP contribution in [0.5, 0.6) is 5.75 Å². The zero-order valence-corrected chi connectivity index (χ0v) is 21.5. The molecule has 3 aromatic heterocycles. The lowest BCUT2D eigenvalue weighted by molar-refractivity contribution is 0.102. The van der Waals surface area contributed by atoms with Gasteiger partial charge in [-0.2, -0.15) is 10.2 Å². The van der Waals surface area contributed by atoms with E-state index in [2.05, 4.69) is 25.3 Å². The lowest BCUT2D eigenvalue weighted by atomic mass is 9.95. The first kappa shape index (κ1) is 24.8. The Morgan fingerprint density at radius 3 is 2.73 bits per heavy atom. The van der Waals surface area contributed by atoms with Crippen molar-refractivity contribution in [2.75, 3.05) is 30.4 Å². The molecule has 37 heavy (non-hydrogen) atoms. The minimum Gasteiger partial charge on any atom is -0.496 e. The summed E-state index contributed by atoms with van der Waals surface area (Å²) in [6.45, 7) is 2.56. The van der Waals surface area contributed by atoms with Crippen molar-refractivity contribution >= 4 is 50.3 Å². The molecule has 188 valence electrons. The largest absolute Gasteiger partial charge is 0.496 e. The number of hydrogen-bond donors (Lipinski definition) is 1. The number of nitriles is 1. The van der Waals surface area contributed by atoms with Crippen LogP contribution in [0.3, 0.4) is 0 Å². The van der Waals surface area contributed by atoms with Crippen molar-refractivity contribution in [3.8, 4) is 22.9 Å². The molecule has 1 fully saturated rings. The van der Waals surface area contributed by atoms with E-state index in [0.717, 1.165) is 5.69 Å². The second-order valence-corrected chi connectivity index (χ2v) is 10.0. The van der Waals surface area contributed by atoms with Gasteiger partial charge < -0.3 is 9.64 Å². The molecule has 1 aliphatic rings. The minimum atomic E-state index is -1.80. The van der Waals surface area contributed by atoms with Crippen LogP contribution < -0.4 is 15.0 Å². The smallest absolute Gasteiger partial charge is 0.259 e. The number of carbonyl (C=O) groups excluding carboxylic acids is 1. The molecule has 1 N–H and O–H groups in total. The lowest BCUT2D eigenvalue weighted by Gasteiger charge is -2.32. The van der Waals surface area contributed by atoms with Crippen molar-refractivity contribution in [3.63, 3.8) is 0 Å². The van der Waals surface area contributed by atoms with Crippen LogP contribution in [-0.2, 0) is 0 Å². The summed E-state index contributed by atoms with van der Waals surface area (Å²) >= 11 is 7.41. The number of aromatic nitrogens is 4. The van der Waals surface area contributed by atoms with Gasteiger partial charge in [0.2, 0.25) is 0 Å². The third-order valence-electron chi connectivity index (χ3n) is 6.15. The molecule has 5 rings (SSSR count). The average molecular weight is 538 g/mol. The number of nitrogens with zero attached hydrogens (tertiary/aromatic N) is 6. The summed E-state index contributed by atoms with van der Waals surface area (Å²) in [6.07, 6.45) is 3.29. The van der Waals surface area contributed by atoms with Gasteiger partial charge in [0.25, 0.3) is 5.91 Å². The first-order valence-electron chi connectivity index (χ1n) is 11.4. The number of anilines is 2. The number of thiazole rings is 1. The fourth-order valence-electron chi connectivity index (χ4n) is 4.14. The molecule has 0 bridgehead atoms. The number of methoxy groups -OCH3 is 1. The van der Waals surface area contributed by atoms with Crippen molar-refractivity contribution in [3.05, 3.63) is 52.9 Å². The first-order valence-corrected chi connectivity index (χ1v) is 12.6. The number of amides is 1. The molecule has 9 nitrogen and oxygen atoms in total. The lowest BCUT2D eigenvalue weighted by Crippen LogP contribution is -2.41. The predicted octanol–water partition coefficient (Wildman–Crippen LogP) is 5.20. The summed E-state index contributed by atoms with van der Waals surface area (Å²) in [5, 5.41) is 12.7. The molecule has 0 unspecified atom stereocenters. The van der Waals surface area contributed by atoms with Crippen molar-refractivity contribution in [1.82, 2.24) is 19.9 Å². The van der Waals surface area contributed by atoms with Gasteiger partial charge in [-0.15, -0.1) is 0 Å². The van der Waals surface area contributed by atoms with Crippen LogP contribution in [0, 0.1) is 18.3 Å². The van der Waals surface area contributed by atoms with Crippen molar-refractivity contribution < 1.29 is 13.9 Å². The molecule has 12 heteroatoms. The number of halogens is 2. The normalized spacial score (nSPS) is 14.8. The van der Waals surface area contributed by atoms with E-state index in [1.807, 2.05) is 11.8 Å². The predicted molar refractivity (Wildman–Crippen MR) is 140 cm³/mol. The fourth-order valence-corrected chi connectivity index (χ4v) is 5.10. The number of alkyl halides is 1. The molecule has 4 heterocycles. The van der Waals surface area contributed by atoms with Crippen LogP contribution in [0.1, 0.15) is 28.9 Å². The maximum Gasteiger partial charge on any atom is 0.259 e. The summed E-state index contributed by atoms with van der Waals surface area (Å²) in [5.74, 6) is 0.741. The minimum absolute atomic E-state index is 0.109. The maximum atomic E-state index is 14.2. The van der Waals surface area contributed by atoms with Crippen LogP contribution in [-0.4, -0.2) is 51.7 Å². The third-order valence-corrected chi connectivity index (χ3v) is 7.24. The molecule has 0 radical (unpaired) electrons. The summed E-state index contributed by atoms with van der Waals surface area (Å²) in [6, 6.07) is 8.75. The van der Waals surface area contributed by atoms with Crippen LogP contribution in [0.2, 0.25) is 5.02 Å². The zero-order valence-electron chi connectivity index (χ0n) is 20.0. The highest BCUT2D eigenvalue weighted by Crippen LogP contribution is 2.36. The zero-order chi connectivity index (χ0) is 26.2. The molecule has 1 saturated heterocycles. The number of pyridine rings is 1. The standard InChI is InChI=1S/C25H21ClFN7O2S/c1-14-9-16(17-10-15(26)3-4-19(17)36-2)18(11-29-14)22(35)33-24-32-21-23(37-24)31-20(12-30-21)34-7-5-25(27,13-28)6-8-34/h3-4,9-12H,5-8H2,1-2H3,(H,30,32,33,35). The monoisotopic (exact) mass is 537 g/mol. The van der Waals surface area contributed by atoms with Crippen LogP contribution in [0.25, 0.3) is 21.6 Å². The van der Waals surface area contributed by atoms with Crippen molar-refractivity contribution in [1.29, 1.82) is 5.26 Å². The first-order chi connectivity index (χ1) is 17.8. The van der Waals surface area contributed by atoms with Crippen LogP contribution in [0.15, 0.2) is 36.7 Å². The Balaban J connectivity index is 1.41. The number of rotatable bonds is 5. The van der Waals surface area contributed by atoms with E-state index in [1.165, 1.54) is 17.5 Å². The van der Waals surface area contributed by atoms with Crippen molar-refractivity contribution in [2.45, 2.75) is 25.4 Å². The average Bonchev–Trinajstić information content (AvgIpc) is 3.30. The summed E-state index contributed by atoms with van der Waals surface area (Å²) in [4.78, 5) is 33.4. The molecular formula is C25H21ClFN7O2S. The Labute approximate surface area is 220 Å². The molecule has 1 aromatic carbocycles. The third kappa shape index (κ3) is 5.03. The number of benzene rings is 1. The number of carbonyl (C=O) groups is 1. The number of fused-ring (bicyclic) bond motifs is 1. The van der Waals surface area contributed by atoms with E-state index in [-0.39, 0.29) is 12.8 Å². The Hall–Kier alpha value is -3.88. The van der Waals surface area contributed by atoms with Gasteiger partial charge in [-0.25, -0.2) is 14.4 Å². The summed E-state index contributed by atoms with van der Waals surface area (Å²) in [5.41, 5.74) is 0.930. The number of aryl methyl sites for hydroxylation is 1. The Bertz CT molecular complexity index is 1550. The quantitative estimate of drug-likeness (QED) is 0.369. The second kappa shape index (κ2) is 9.88. The highest BCUT2D eigenvalue weighted by Gasteiger charge is 2.35. The summed E-state index contributed by atoms with van der Waals surface area (Å²) < 4.78 is 19.7. The molecule has 0 saturated carbocycles. The van der Waals surface area contributed by atoms with E-state index in [4.69, 9.17) is 21.6 Å². The highest BCUT2D eigenvalue weighted by atomic mass is 35.5. The number of hydrogen-bond acceptors (Lipinski definition) is 9. The van der Waals surface area contributed by atoms with E-state index < -0.39 is 11.6 Å². The molecule has 0 aliphatic carbocycles. The van der Waals surface area contributed by atoms with Gasteiger partial charge >= 0.3 is 0 Å². The number of ether oxygens (including phenoxy) is 1. The Kier molecular flexibility index (Phi) is 6.62. The SMILES string of the molecule is COc1ccc(Cl)cc1-c1cc(C)ncc1C(=O)Nc1nc2ncc(N3CCC(F)(C#N)CC3)nc2s1. The Morgan fingerprint density at radius 1 is 1.22 bits per heavy atom. The fraction of sp³-hybridized carbons (Fsp3) is 0.280. The molecule has 0 spiro atoms. The van der Waals surface area contributed by atoms with E-state index >= 15 is 0 Å². The van der Waals surface area contributed by atoms with Gasteiger partial charge in [-0.3, -0.25) is 15.1 Å². The van der Waals surface area contributed by atoms with Crippen LogP contribution >= 0.6 is 22.9 Å². The van der Waals surface area contributed by atoms with Gasteiger partial charge in [-0.1, -0.05) is 22.9 Å².